The van der Waals surface area contributed by atoms with E-state index in [-0.39, 0.29) is 0 Å². The van der Waals surface area contributed by atoms with Crippen molar-refractivity contribution in [3.05, 3.63) is 34.9 Å². The highest BCUT2D eigenvalue weighted by atomic mass is 35.5. The molecule has 0 radical (unpaired) electrons. The van der Waals surface area contributed by atoms with Crippen LogP contribution in [0.1, 0.15) is 24.5 Å². The first kappa shape index (κ1) is 9.00. The third-order valence-electron chi connectivity index (χ3n) is 2.46. The maximum absolute atomic E-state index is 9.72. The number of rotatable bonds is 2. The molecule has 1 unspecified atom stereocenters. The van der Waals surface area contributed by atoms with Gasteiger partial charge in [-0.05, 0) is 30.5 Å². The molecule has 0 aromatic heterocycles. The van der Waals surface area contributed by atoms with Gasteiger partial charge in [0.05, 0.1) is 5.60 Å². The van der Waals surface area contributed by atoms with Crippen LogP contribution in [0.4, 0.5) is 0 Å². The zero-order valence-corrected chi connectivity index (χ0v) is 7.83. The quantitative estimate of drug-likeness (QED) is 0.762. The minimum Gasteiger partial charge on any atom is -0.387 e. The molecule has 1 aliphatic rings. The topological polar surface area (TPSA) is 40.5 Å². The summed E-state index contributed by atoms with van der Waals surface area (Å²) in [6.07, 6.45) is 0.581. The first-order chi connectivity index (χ1) is 6.12. The van der Waals surface area contributed by atoms with Crippen LogP contribution in [0.25, 0.3) is 0 Å². The molecular weight excluding hydrogens is 188 g/mol. The Balaban J connectivity index is 2.20. The lowest BCUT2D eigenvalue weighted by Gasteiger charge is -2.16. The van der Waals surface area contributed by atoms with E-state index in [2.05, 4.69) is 0 Å². The highest BCUT2D eigenvalue weighted by Gasteiger charge is 2.47. The van der Waals surface area contributed by atoms with E-state index >= 15 is 0 Å². The molecule has 70 valence electrons. The lowest BCUT2D eigenvalue weighted by molar-refractivity contribution is -0.00172. The maximum atomic E-state index is 9.72. The van der Waals surface area contributed by atoms with Crippen molar-refractivity contribution in [3.63, 3.8) is 0 Å². The molecule has 2 rings (SSSR count). The first-order valence-electron chi connectivity index (χ1n) is 4.28. The van der Waals surface area contributed by atoms with Gasteiger partial charge in [-0.1, -0.05) is 23.7 Å². The van der Waals surface area contributed by atoms with Crippen LogP contribution in [-0.4, -0.2) is 15.8 Å². The van der Waals surface area contributed by atoms with Gasteiger partial charge in [0.15, 0.2) is 0 Å². The van der Waals surface area contributed by atoms with Gasteiger partial charge in [-0.15, -0.1) is 0 Å². The second-order valence-corrected chi connectivity index (χ2v) is 3.99. The highest BCUT2D eigenvalue weighted by molar-refractivity contribution is 6.30. The van der Waals surface area contributed by atoms with Crippen LogP contribution in [0.3, 0.4) is 0 Å². The fourth-order valence-electron chi connectivity index (χ4n) is 1.36. The van der Waals surface area contributed by atoms with Gasteiger partial charge in [0.1, 0.15) is 6.10 Å². The number of hydrogen-bond donors (Lipinski definition) is 2. The summed E-state index contributed by atoms with van der Waals surface area (Å²) < 4.78 is 0. The van der Waals surface area contributed by atoms with Crippen LogP contribution in [0.15, 0.2) is 24.3 Å². The Hall–Kier alpha value is -0.570. The van der Waals surface area contributed by atoms with E-state index in [4.69, 9.17) is 11.6 Å². The Morgan fingerprint density at radius 1 is 1.23 bits per heavy atom. The van der Waals surface area contributed by atoms with Gasteiger partial charge in [0.2, 0.25) is 0 Å². The summed E-state index contributed by atoms with van der Waals surface area (Å²) in [5.74, 6) is 0. The Morgan fingerprint density at radius 2 is 1.77 bits per heavy atom. The molecule has 0 amide bonds. The summed E-state index contributed by atoms with van der Waals surface area (Å²) >= 11 is 5.70. The number of hydrogen-bond acceptors (Lipinski definition) is 2. The van der Waals surface area contributed by atoms with Crippen molar-refractivity contribution >= 4 is 11.6 Å². The van der Waals surface area contributed by atoms with Gasteiger partial charge >= 0.3 is 0 Å². The molecule has 1 fully saturated rings. The molecule has 2 N–H and O–H groups in total. The Labute approximate surface area is 81.8 Å². The van der Waals surface area contributed by atoms with Crippen LogP contribution < -0.4 is 0 Å². The predicted octanol–water partition coefficient (Wildman–Crippen LogP) is 1.90. The first-order valence-corrected chi connectivity index (χ1v) is 4.65. The Bertz CT molecular complexity index is 303. The van der Waals surface area contributed by atoms with E-state index in [0.717, 1.165) is 5.56 Å². The molecule has 0 saturated heterocycles. The van der Waals surface area contributed by atoms with Crippen molar-refractivity contribution in [1.29, 1.82) is 0 Å². The molecule has 1 aliphatic carbocycles. The van der Waals surface area contributed by atoms with Crippen molar-refractivity contribution in [2.75, 3.05) is 0 Å². The molecular formula is C10H11ClO2. The van der Waals surface area contributed by atoms with Crippen LogP contribution >= 0.6 is 11.6 Å². The average Bonchev–Trinajstić information content (AvgIpc) is 2.85. The van der Waals surface area contributed by atoms with Crippen molar-refractivity contribution in [2.24, 2.45) is 0 Å². The second-order valence-electron chi connectivity index (χ2n) is 3.56. The summed E-state index contributed by atoms with van der Waals surface area (Å²) in [4.78, 5) is 0. The zero-order valence-electron chi connectivity index (χ0n) is 7.07. The number of aliphatic hydroxyl groups excluding tert-OH is 1. The molecule has 1 atom stereocenters. The minimum absolute atomic E-state index is 0.638. The molecule has 0 bridgehead atoms. The highest BCUT2D eigenvalue weighted by Crippen LogP contribution is 2.45. The normalized spacial score (nSPS) is 21.2. The Morgan fingerprint density at radius 3 is 2.23 bits per heavy atom. The van der Waals surface area contributed by atoms with E-state index in [0.29, 0.717) is 17.9 Å². The molecule has 3 heteroatoms. The molecule has 1 saturated carbocycles. The smallest absolute Gasteiger partial charge is 0.108 e. The van der Waals surface area contributed by atoms with E-state index in [1.807, 2.05) is 0 Å². The van der Waals surface area contributed by atoms with E-state index in [9.17, 15) is 10.2 Å². The van der Waals surface area contributed by atoms with E-state index in [1.165, 1.54) is 0 Å². The third kappa shape index (κ3) is 1.70. The van der Waals surface area contributed by atoms with Crippen molar-refractivity contribution < 1.29 is 10.2 Å². The van der Waals surface area contributed by atoms with E-state index < -0.39 is 11.7 Å². The zero-order chi connectivity index (χ0) is 9.47. The lowest BCUT2D eigenvalue weighted by Crippen LogP contribution is -2.19. The molecule has 13 heavy (non-hydrogen) atoms. The molecule has 0 aliphatic heterocycles. The minimum atomic E-state index is -0.881. The van der Waals surface area contributed by atoms with Crippen molar-refractivity contribution in [1.82, 2.24) is 0 Å². The summed E-state index contributed by atoms with van der Waals surface area (Å²) in [5.41, 5.74) is -0.155. The third-order valence-corrected chi connectivity index (χ3v) is 2.71. The number of benzene rings is 1. The largest absolute Gasteiger partial charge is 0.387 e. The lowest BCUT2D eigenvalue weighted by atomic mass is 10.0. The van der Waals surface area contributed by atoms with Crippen LogP contribution in [-0.2, 0) is 0 Å². The summed E-state index contributed by atoms with van der Waals surface area (Å²) in [7, 11) is 0. The molecule has 1 aromatic rings. The van der Waals surface area contributed by atoms with Gasteiger partial charge in [0.25, 0.3) is 0 Å². The maximum Gasteiger partial charge on any atom is 0.108 e. The van der Waals surface area contributed by atoms with Crippen LogP contribution in [0, 0.1) is 0 Å². The number of halogens is 1. The predicted molar refractivity (Wildman–Crippen MR) is 50.6 cm³/mol. The molecule has 2 nitrogen and oxygen atoms in total. The summed E-state index contributed by atoms with van der Waals surface area (Å²) in [5, 5.41) is 20.0. The average molecular weight is 199 g/mol. The van der Waals surface area contributed by atoms with E-state index in [1.54, 1.807) is 24.3 Å². The SMILES string of the molecule is OC(c1ccc(Cl)cc1)C1(O)CC1. The summed E-state index contributed by atoms with van der Waals surface area (Å²) in [6.45, 7) is 0. The van der Waals surface area contributed by atoms with Crippen LogP contribution in [0.2, 0.25) is 5.02 Å². The van der Waals surface area contributed by atoms with Gasteiger partial charge < -0.3 is 10.2 Å². The molecule has 1 aromatic carbocycles. The molecule has 0 spiro atoms. The second kappa shape index (κ2) is 2.98. The monoisotopic (exact) mass is 198 g/mol. The standard InChI is InChI=1S/C10H11ClO2/c11-8-3-1-7(2-4-8)9(12)10(13)5-6-10/h1-4,9,12-13H,5-6H2. The van der Waals surface area contributed by atoms with Crippen molar-refractivity contribution in [3.8, 4) is 0 Å². The Kier molecular flexibility index (Phi) is 2.06. The van der Waals surface area contributed by atoms with Gasteiger partial charge in [-0.2, -0.15) is 0 Å². The van der Waals surface area contributed by atoms with Gasteiger partial charge in [-0.25, -0.2) is 0 Å². The fourth-order valence-corrected chi connectivity index (χ4v) is 1.48. The fraction of sp³-hybridized carbons (Fsp3) is 0.400. The summed E-state index contributed by atoms with van der Waals surface area (Å²) in [6, 6.07) is 6.91. The number of aliphatic hydroxyl groups is 2. The van der Waals surface area contributed by atoms with Crippen molar-refractivity contribution in [2.45, 2.75) is 24.5 Å². The molecule has 0 heterocycles. The van der Waals surface area contributed by atoms with Gasteiger partial charge in [0, 0.05) is 5.02 Å². The van der Waals surface area contributed by atoms with Crippen LogP contribution in [0.5, 0.6) is 0 Å². The van der Waals surface area contributed by atoms with Gasteiger partial charge in [-0.3, -0.25) is 0 Å².